The van der Waals surface area contributed by atoms with Crippen molar-refractivity contribution < 1.29 is 26.4 Å². The number of alkyl halides is 3. The second-order valence-electron chi connectivity index (χ2n) is 6.87. The Hall–Kier alpha value is -2.03. The van der Waals surface area contributed by atoms with Gasteiger partial charge in [-0.1, -0.05) is 11.6 Å². The van der Waals surface area contributed by atoms with E-state index in [1.807, 2.05) is 0 Å². The highest BCUT2D eigenvalue weighted by Crippen LogP contribution is 2.31. The molecule has 0 aliphatic heterocycles. The van der Waals surface area contributed by atoms with E-state index in [0.717, 1.165) is 54.1 Å². The zero-order chi connectivity index (χ0) is 20.8. The van der Waals surface area contributed by atoms with Crippen LogP contribution >= 0.6 is 0 Å². The minimum atomic E-state index is -4.49. The number of hydrogen-bond donors (Lipinski definition) is 1. The minimum absolute atomic E-state index is 0.0142. The smallest absolute Gasteiger partial charge is 0.352 e. The Morgan fingerprint density at radius 3 is 2.39 bits per heavy atom. The molecule has 0 bridgehead atoms. The van der Waals surface area contributed by atoms with Crippen LogP contribution < -0.4 is 9.62 Å². The minimum Gasteiger partial charge on any atom is -0.352 e. The van der Waals surface area contributed by atoms with E-state index in [1.165, 1.54) is 12.0 Å². The highest BCUT2D eigenvalue weighted by molar-refractivity contribution is 7.92. The van der Waals surface area contributed by atoms with E-state index in [2.05, 4.69) is 11.4 Å². The average molecular weight is 418 g/mol. The fraction of sp³-hybridized carbons (Fsp3) is 0.526. The number of nitrogens with zero attached hydrogens (tertiary/aromatic N) is 1. The molecule has 0 atom stereocenters. The van der Waals surface area contributed by atoms with Gasteiger partial charge in [-0.05, 0) is 56.4 Å². The highest BCUT2D eigenvalue weighted by atomic mass is 32.2. The molecule has 1 aromatic rings. The number of carbonyl (C=O) groups excluding carboxylic acids is 1. The summed E-state index contributed by atoms with van der Waals surface area (Å²) in [7, 11) is -3.68. The van der Waals surface area contributed by atoms with Gasteiger partial charge in [-0.3, -0.25) is 9.10 Å². The number of anilines is 1. The molecule has 0 radical (unpaired) electrons. The zero-order valence-corrected chi connectivity index (χ0v) is 16.6. The molecule has 0 spiro atoms. The van der Waals surface area contributed by atoms with Gasteiger partial charge >= 0.3 is 6.18 Å². The topological polar surface area (TPSA) is 66.5 Å². The highest BCUT2D eigenvalue weighted by Gasteiger charge is 2.30. The van der Waals surface area contributed by atoms with Crippen LogP contribution in [-0.2, 0) is 21.0 Å². The quantitative estimate of drug-likeness (QED) is 0.652. The fourth-order valence-corrected chi connectivity index (χ4v) is 4.02. The van der Waals surface area contributed by atoms with Crippen LogP contribution in [-0.4, -0.2) is 33.7 Å². The van der Waals surface area contributed by atoms with Crippen molar-refractivity contribution in [3.8, 4) is 0 Å². The second-order valence-corrected chi connectivity index (χ2v) is 8.78. The van der Waals surface area contributed by atoms with Crippen LogP contribution in [0.1, 0.15) is 44.1 Å². The molecule has 9 heteroatoms. The van der Waals surface area contributed by atoms with Crippen molar-refractivity contribution >= 4 is 21.6 Å². The monoisotopic (exact) mass is 418 g/mol. The number of benzene rings is 1. The van der Waals surface area contributed by atoms with E-state index in [1.54, 1.807) is 0 Å². The first kappa shape index (κ1) is 22.3. The van der Waals surface area contributed by atoms with Gasteiger partial charge < -0.3 is 5.32 Å². The molecular formula is C19H25F3N2O3S. The van der Waals surface area contributed by atoms with Gasteiger partial charge in [0.15, 0.2) is 0 Å². The lowest BCUT2D eigenvalue weighted by Crippen LogP contribution is -2.32. The molecule has 2 rings (SSSR count). The number of nitrogens with one attached hydrogen (secondary N) is 1. The van der Waals surface area contributed by atoms with Gasteiger partial charge in [0.2, 0.25) is 15.9 Å². The third kappa shape index (κ3) is 6.85. The summed E-state index contributed by atoms with van der Waals surface area (Å²) in [5.74, 6) is -0.174. The standard InChI is InChI=1S/C19H25F3N2O3S/c1-28(26,27)24(17-11-9-16(10-12-17)19(20,21)22)13-5-8-18(25)23-14-15-6-3-2-4-7-15/h6,9-12H,2-5,7-8,13-14H2,1H3,(H,23,25). The van der Waals surface area contributed by atoms with Crippen molar-refractivity contribution in [1.29, 1.82) is 0 Å². The lowest BCUT2D eigenvalue weighted by atomic mass is 10.00. The Kier molecular flexibility index (Phi) is 7.51. The van der Waals surface area contributed by atoms with Gasteiger partial charge in [0.1, 0.15) is 0 Å². The first-order valence-electron chi connectivity index (χ1n) is 9.17. The number of halogens is 3. The first-order chi connectivity index (χ1) is 13.1. The van der Waals surface area contributed by atoms with Crippen LogP contribution in [0.2, 0.25) is 0 Å². The van der Waals surface area contributed by atoms with E-state index in [0.29, 0.717) is 6.54 Å². The van der Waals surface area contributed by atoms with Crippen LogP contribution in [0.5, 0.6) is 0 Å². The molecule has 0 fully saturated rings. The van der Waals surface area contributed by atoms with Crippen LogP contribution in [0.25, 0.3) is 0 Å². The Labute approximate surface area is 163 Å². The van der Waals surface area contributed by atoms with Crippen molar-refractivity contribution in [2.75, 3.05) is 23.7 Å². The maximum Gasteiger partial charge on any atom is 0.416 e. The van der Waals surface area contributed by atoms with Crippen LogP contribution in [0.4, 0.5) is 18.9 Å². The van der Waals surface area contributed by atoms with Crippen LogP contribution in [0.15, 0.2) is 35.9 Å². The lowest BCUT2D eigenvalue weighted by Gasteiger charge is -2.23. The maximum atomic E-state index is 12.7. The summed E-state index contributed by atoms with van der Waals surface area (Å²) >= 11 is 0. The van der Waals surface area contributed by atoms with E-state index in [9.17, 15) is 26.4 Å². The van der Waals surface area contributed by atoms with Crippen molar-refractivity contribution in [3.05, 3.63) is 41.5 Å². The second kappa shape index (κ2) is 9.45. The summed E-state index contributed by atoms with van der Waals surface area (Å²) in [6.07, 6.45) is 3.35. The Bertz CT molecular complexity index is 803. The SMILES string of the molecule is CS(=O)(=O)N(CCCC(=O)NCC1=CCCCC1)c1ccc(C(F)(F)F)cc1. The third-order valence-corrected chi connectivity index (χ3v) is 5.74. The summed E-state index contributed by atoms with van der Waals surface area (Å²) in [5, 5.41) is 2.83. The third-order valence-electron chi connectivity index (χ3n) is 4.55. The fourth-order valence-electron chi connectivity index (χ4n) is 3.05. The van der Waals surface area contributed by atoms with E-state index in [4.69, 9.17) is 0 Å². The van der Waals surface area contributed by atoms with Crippen molar-refractivity contribution in [1.82, 2.24) is 5.32 Å². The number of sulfonamides is 1. The van der Waals surface area contributed by atoms with Gasteiger partial charge in [0, 0.05) is 19.5 Å². The van der Waals surface area contributed by atoms with Crippen molar-refractivity contribution in [3.63, 3.8) is 0 Å². The van der Waals surface area contributed by atoms with E-state index < -0.39 is 21.8 Å². The Morgan fingerprint density at radius 1 is 1.18 bits per heavy atom. The molecular weight excluding hydrogens is 393 g/mol. The summed E-state index contributed by atoms with van der Waals surface area (Å²) in [6, 6.07) is 3.94. The van der Waals surface area contributed by atoms with E-state index >= 15 is 0 Å². The molecule has 156 valence electrons. The van der Waals surface area contributed by atoms with Gasteiger partial charge in [-0.15, -0.1) is 0 Å². The van der Waals surface area contributed by atoms with Crippen molar-refractivity contribution in [2.45, 2.75) is 44.7 Å². The van der Waals surface area contributed by atoms with E-state index in [-0.39, 0.29) is 31.0 Å². The molecule has 1 amide bonds. The molecule has 5 nitrogen and oxygen atoms in total. The molecule has 28 heavy (non-hydrogen) atoms. The van der Waals surface area contributed by atoms with Crippen LogP contribution in [0, 0.1) is 0 Å². The largest absolute Gasteiger partial charge is 0.416 e. The molecule has 1 aromatic carbocycles. The van der Waals surface area contributed by atoms with Crippen LogP contribution in [0.3, 0.4) is 0 Å². The summed E-state index contributed by atoms with van der Waals surface area (Å²) in [6.45, 7) is 0.522. The average Bonchev–Trinajstić information content (AvgIpc) is 2.63. The van der Waals surface area contributed by atoms with Gasteiger partial charge in [0.05, 0.1) is 17.5 Å². The summed E-state index contributed by atoms with van der Waals surface area (Å²) < 4.78 is 63.1. The molecule has 1 aliphatic carbocycles. The summed E-state index contributed by atoms with van der Waals surface area (Å²) in [4.78, 5) is 12.0. The number of hydrogen-bond acceptors (Lipinski definition) is 3. The Morgan fingerprint density at radius 2 is 1.86 bits per heavy atom. The van der Waals surface area contributed by atoms with Crippen molar-refractivity contribution in [2.24, 2.45) is 0 Å². The first-order valence-corrected chi connectivity index (χ1v) is 11.0. The molecule has 1 N–H and O–H groups in total. The Balaban J connectivity index is 1.90. The number of carbonyl (C=O) groups is 1. The molecule has 0 heterocycles. The number of rotatable bonds is 8. The molecule has 1 aliphatic rings. The predicted octanol–water partition coefficient (Wildman–Crippen LogP) is 3.87. The van der Waals surface area contributed by atoms with Gasteiger partial charge in [-0.25, -0.2) is 8.42 Å². The molecule has 0 saturated heterocycles. The normalized spacial score (nSPS) is 15.1. The molecule has 0 unspecified atom stereocenters. The van der Waals surface area contributed by atoms with Gasteiger partial charge in [0.25, 0.3) is 0 Å². The molecule has 0 aromatic heterocycles. The zero-order valence-electron chi connectivity index (χ0n) is 15.8. The predicted molar refractivity (Wildman–Crippen MR) is 102 cm³/mol. The lowest BCUT2D eigenvalue weighted by molar-refractivity contribution is -0.137. The number of amides is 1. The number of allylic oxidation sites excluding steroid dienone is 1. The van der Waals surface area contributed by atoms with Gasteiger partial charge in [-0.2, -0.15) is 13.2 Å². The maximum absolute atomic E-state index is 12.7. The molecule has 0 saturated carbocycles. The summed E-state index contributed by atoms with van der Waals surface area (Å²) in [5.41, 5.74) is 0.506.